The van der Waals surface area contributed by atoms with Crippen molar-refractivity contribution in [2.75, 3.05) is 0 Å². The highest BCUT2D eigenvalue weighted by atomic mass is 32.2. The van der Waals surface area contributed by atoms with E-state index in [0.717, 1.165) is 18.2 Å². The van der Waals surface area contributed by atoms with Crippen molar-refractivity contribution >= 4 is 10.0 Å². The van der Waals surface area contributed by atoms with E-state index in [9.17, 15) is 17.2 Å². The van der Waals surface area contributed by atoms with Gasteiger partial charge in [0.25, 0.3) is 0 Å². The maximum Gasteiger partial charge on any atom is 0.244 e. The number of ether oxygens (including phenoxy) is 1. The highest BCUT2D eigenvalue weighted by Gasteiger charge is 2.30. The quantitative estimate of drug-likeness (QED) is 0.839. The Morgan fingerprint density at radius 2 is 1.70 bits per heavy atom. The van der Waals surface area contributed by atoms with E-state index in [1.807, 2.05) is 0 Å². The Morgan fingerprint density at radius 3 is 2.22 bits per heavy atom. The number of sulfonamides is 1. The van der Waals surface area contributed by atoms with E-state index >= 15 is 0 Å². The molecule has 0 aliphatic heterocycles. The largest absolute Gasteiger partial charge is 0.490 e. The Hall–Kier alpha value is -2.00. The highest BCUT2D eigenvalue weighted by molar-refractivity contribution is 7.89. The second-order valence-electron chi connectivity index (χ2n) is 6.94. The number of rotatable bonds is 5. The van der Waals surface area contributed by atoms with Crippen molar-refractivity contribution in [3.05, 3.63) is 41.2 Å². The van der Waals surface area contributed by atoms with Crippen LogP contribution in [-0.4, -0.2) is 30.3 Å². The van der Waals surface area contributed by atoms with Crippen molar-refractivity contribution < 1.29 is 21.9 Å². The van der Waals surface area contributed by atoms with Gasteiger partial charge in [0.05, 0.1) is 17.5 Å². The Bertz CT molecular complexity index is 915. The van der Waals surface area contributed by atoms with Crippen LogP contribution in [0.25, 0.3) is 0 Å². The summed E-state index contributed by atoms with van der Waals surface area (Å²) in [6, 6.07) is 2.87. The van der Waals surface area contributed by atoms with Gasteiger partial charge in [-0.3, -0.25) is 4.68 Å². The normalized spacial score (nSPS) is 20.6. The van der Waals surface area contributed by atoms with Crippen LogP contribution >= 0.6 is 0 Å². The predicted molar refractivity (Wildman–Crippen MR) is 96.0 cm³/mol. The predicted octanol–water partition coefficient (Wildman–Crippen LogP) is 2.98. The molecule has 1 aliphatic carbocycles. The summed E-state index contributed by atoms with van der Waals surface area (Å²) >= 11 is 0. The van der Waals surface area contributed by atoms with Gasteiger partial charge in [-0.1, -0.05) is 0 Å². The molecule has 1 heterocycles. The number of aromatic nitrogens is 2. The fourth-order valence-corrected chi connectivity index (χ4v) is 5.25. The maximum absolute atomic E-state index is 13.3. The first kappa shape index (κ1) is 19.8. The summed E-state index contributed by atoms with van der Waals surface area (Å²) in [4.78, 5) is 0.221. The molecule has 0 atom stereocenters. The summed E-state index contributed by atoms with van der Waals surface area (Å²) in [5.74, 6) is -1.22. The molecule has 1 saturated carbocycles. The van der Waals surface area contributed by atoms with Crippen LogP contribution in [0.2, 0.25) is 0 Å². The molecule has 0 saturated heterocycles. The minimum atomic E-state index is -3.66. The SMILES string of the molecule is Cc1nn(C)c(C)c1S(=O)(=O)NC1CCC(Oc2cc(F)cc(F)c2)CC1. The molecule has 148 valence electrons. The molecule has 0 spiro atoms. The first-order valence-electron chi connectivity index (χ1n) is 8.81. The number of aryl methyl sites for hydroxylation is 2. The van der Waals surface area contributed by atoms with Crippen LogP contribution in [-0.2, 0) is 17.1 Å². The van der Waals surface area contributed by atoms with E-state index < -0.39 is 21.7 Å². The molecule has 9 heteroatoms. The molecular formula is C18H23F2N3O3S. The molecule has 0 radical (unpaired) electrons. The number of hydrogen-bond acceptors (Lipinski definition) is 4. The zero-order chi connectivity index (χ0) is 19.8. The van der Waals surface area contributed by atoms with Crippen molar-refractivity contribution in [2.24, 2.45) is 7.05 Å². The third-order valence-corrected chi connectivity index (χ3v) is 6.62. The minimum absolute atomic E-state index is 0.151. The smallest absolute Gasteiger partial charge is 0.244 e. The van der Waals surface area contributed by atoms with Crippen molar-refractivity contribution in [1.29, 1.82) is 0 Å². The molecule has 0 bridgehead atoms. The van der Waals surface area contributed by atoms with Gasteiger partial charge in [0.1, 0.15) is 22.3 Å². The molecule has 2 aromatic rings. The third-order valence-electron chi connectivity index (χ3n) is 4.85. The summed E-state index contributed by atoms with van der Waals surface area (Å²) in [6.45, 7) is 3.39. The molecule has 27 heavy (non-hydrogen) atoms. The molecule has 1 N–H and O–H groups in total. The summed E-state index contributed by atoms with van der Waals surface area (Å²) in [5.41, 5.74) is 1.05. The summed E-state index contributed by atoms with van der Waals surface area (Å²) in [5, 5.41) is 4.16. The zero-order valence-corrected chi connectivity index (χ0v) is 16.3. The lowest BCUT2D eigenvalue weighted by Crippen LogP contribution is -2.40. The van der Waals surface area contributed by atoms with Crippen molar-refractivity contribution in [1.82, 2.24) is 14.5 Å². The second kappa shape index (κ2) is 7.55. The maximum atomic E-state index is 13.3. The van der Waals surface area contributed by atoms with Crippen LogP contribution in [0.5, 0.6) is 5.75 Å². The van der Waals surface area contributed by atoms with Crippen LogP contribution in [0, 0.1) is 25.5 Å². The lowest BCUT2D eigenvalue weighted by atomic mass is 9.94. The number of halogens is 2. The van der Waals surface area contributed by atoms with Crippen LogP contribution in [0.1, 0.15) is 37.1 Å². The Morgan fingerprint density at radius 1 is 1.11 bits per heavy atom. The van der Waals surface area contributed by atoms with E-state index in [-0.39, 0.29) is 22.8 Å². The summed E-state index contributed by atoms with van der Waals surface area (Å²) in [7, 11) is -1.95. The van der Waals surface area contributed by atoms with Crippen LogP contribution in [0.3, 0.4) is 0 Å². The Kier molecular flexibility index (Phi) is 5.53. The Balaban J connectivity index is 1.60. The van der Waals surface area contributed by atoms with Crippen LogP contribution in [0.15, 0.2) is 23.1 Å². The second-order valence-corrected chi connectivity index (χ2v) is 8.59. The van der Waals surface area contributed by atoms with Crippen molar-refractivity contribution in [3.63, 3.8) is 0 Å². The van der Waals surface area contributed by atoms with Crippen LogP contribution in [0.4, 0.5) is 8.78 Å². The molecule has 3 rings (SSSR count). The molecule has 1 fully saturated rings. The van der Waals surface area contributed by atoms with Gasteiger partial charge in [-0.2, -0.15) is 5.10 Å². The summed E-state index contributed by atoms with van der Waals surface area (Å²) in [6.07, 6.45) is 2.15. The van der Waals surface area contributed by atoms with Crippen molar-refractivity contribution in [3.8, 4) is 5.75 Å². The molecule has 0 unspecified atom stereocenters. The van der Waals surface area contributed by atoms with E-state index in [4.69, 9.17) is 4.74 Å². The monoisotopic (exact) mass is 399 g/mol. The number of nitrogens with zero attached hydrogens (tertiary/aromatic N) is 2. The lowest BCUT2D eigenvalue weighted by Gasteiger charge is -2.29. The Labute approximate surface area is 157 Å². The summed E-state index contributed by atoms with van der Waals surface area (Å²) < 4.78 is 61.9. The molecule has 0 amide bonds. The van der Waals surface area contributed by atoms with Gasteiger partial charge >= 0.3 is 0 Å². The van der Waals surface area contributed by atoms with Gasteiger partial charge in [0.15, 0.2) is 0 Å². The van der Waals surface area contributed by atoms with Crippen molar-refractivity contribution in [2.45, 2.75) is 56.6 Å². The van der Waals surface area contributed by atoms with Gasteiger partial charge in [0, 0.05) is 31.3 Å². The van der Waals surface area contributed by atoms with Crippen LogP contribution < -0.4 is 9.46 Å². The number of benzene rings is 1. The lowest BCUT2D eigenvalue weighted by molar-refractivity contribution is 0.143. The molecular weight excluding hydrogens is 376 g/mol. The molecule has 1 aromatic carbocycles. The van der Waals surface area contributed by atoms with Gasteiger partial charge in [0.2, 0.25) is 10.0 Å². The topological polar surface area (TPSA) is 73.2 Å². The average Bonchev–Trinajstić information content (AvgIpc) is 2.81. The van der Waals surface area contributed by atoms with E-state index in [1.165, 1.54) is 0 Å². The van der Waals surface area contributed by atoms with E-state index in [2.05, 4.69) is 9.82 Å². The molecule has 6 nitrogen and oxygen atoms in total. The first-order chi connectivity index (χ1) is 12.7. The number of nitrogens with one attached hydrogen (secondary N) is 1. The highest BCUT2D eigenvalue weighted by Crippen LogP contribution is 2.27. The minimum Gasteiger partial charge on any atom is -0.490 e. The van der Waals surface area contributed by atoms with Gasteiger partial charge < -0.3 is 4.74 Å². The zero-order valence-electron chi connectivity index (χ0n) is 15.5. The standard InChI is InChI=1S/C18H23F2N3O3S/c1-11-18(12(2)23(3)21-11)27(24,25)22-15-4-6-16(7-5-15)26-17-9-13(19)8-14(20)10-17/h8-10,15-16,22H,4-7H2,1-3H3. The van der Waals surface area contributed by atoms with Gasteiger partial charge in [-0.25, -0.2) is 21.9 Å². The molecule has 1 aromatic heterocycles. The van der Waals surface area contributed by atoms with Gasteiger partial charge in [-0.15, -0.1) is 0 Å². The van der Waals surface area contributed by atoms with E-state index in [1.54, 1.807) is 25.6 Å². The first-order valence-corrected chi connectivity index (χ1v) is 10.3. The number of hydrogen-bond donors (Lipinski definition) is 1. The fourth-order valence-electron chi connectivity index (χ4n) is 3.51. The fraction of sp³-hybridized carbons (Fsp3) is 0.500. The average molecular weight is 399 g/mol. The molecule has 1 aliphatic rings. The third kappa shape index (κ3) is 4.47. The van der Waals surface area contributed by atoms with Gasteiger partial charge in [-0.05, 0) is 39.5 Å². The van der Waals surface area contributed by atoms with E-state index in [0.29, 0.717) is 37.1 Å².